The molecule has 1 N–H and O–H groups in total. The van der Waals surface area contributed by atoms with Crippen LogP contribution in [-0.2, 0) is 42.7 Å². The quantitative estimate of drug-likeness (QED) is 0.0270. The Hall–Kier alpha value is -2.42. The lowest BCUT2D eigenvalue weighted by atomic mass is 10.1. The number of esters is 2. The van der Waals surface area contributed by atoms with E-state index in [2.05, 4.69) is 86.1 Å². The molecule has 12 nitrogen and oxygen atoms in total. The molecule has 1 saturated heterocycles. The summed E-state index contributed by atoms with van der Waals surface area (Å²) in [5.74, 6) is -0.357. The van der Waals surface area contributed by atoms with Gasteiger partial charge in [0.1, 0.15) is 0 Å². The van der Waals surface area contributed by atoms with Crippen LogP contribution in [0, 0.1) is 0 Å². The average molecular weight is 1030 g/mol. The van der Waals surface area contributed by atoms with E-state index in [0.717, 1.165) is 206 Å². The smallest absolute Gasteiger partial charge is 0.305 e. The molecule has 0 spiro atoms. The summed E-state index contributed by atoms with van der Waals surface area (Å²) in [6.45, 7) is 18.6. The number of hydrogen-bond acceptors (Lipinski definition) is 12. The minimum Gasteiger partial charge on any atom is -0.466 e. The molecule has 73 heavy (non-hydrogen) atoms. The molecule has 0 bridgehead atoms. The number of ether oxygens (including phenoxy) is 7. The SMILES string of the molecule is CC/C=C\CCCCOC(CCC(=O)OCCCCCCCN(CCCCCCCOC(=O)CCC(OCCCC/C=C\CC)OCCCC/C=C\CC)CC(O)CN1CCOCC1)OCCCC/C=C\CC. The third kappa shape index (κ3) is 47.7. The Morgan fingerprint density at radius 2 is 0.822 bits per heavy atom. The van der Waals surface area contributed by atoms with Crippen LogP contribution in [0.2, 0.25) is 0 Å². The van der Waals surface area contributed by atoms with Gasteiger partial charge in [-0.1, -0.05) is 115 Å². The van der Waals surface area contributed by atoms with Crippen molar-refractivity contribution in [3.05, 3.63) is 48.6 Å². The van der Waals surface area contributed by atoms with Crippen molar-refractivity contribution >= 4 is 11.9 Å². The molecular formula is C61H112N2O10. The molecule has 1 aliphatic heterocycles. The molecule has 0 radical (unpaired) electrons. The zero-order valence-electron chi connectivity index (χ0n) is 47.5. The molecule has 0 aromatic carbocycles. The summed E-state index contributed by atoms with van der Waals surface area (Å²) in [6.07, 6.45) is 45.4. The fraction of sp³-hybridized carbons (Fsp3) is 0.836. The van der Waals surface area contributed by atoms with Gasteiger partial charge >= 0.3 is 11.9 Å². The van der Waals surface area contributed by atoms with Crippen molar-refractivity contribution in [2.24, 2.45) is 0 Å². The van der Waals surface area contributed by atoms with Crippen molar-refractivity contribution < 1.29 is 47.9 Å². The summed E-state index contributed by atoms with van der Waals surface area (Å²) in [5, 5.41) is 11.1. The molecule has 1 rings (SSSR count). The first kappa shape index (κ1) is 68.6. The molecule has 1 aliphatic rings. The van der Waals surface area contributed by atoms with E-state index < -0.39 is 6.10 Å². The van der Waals surface area contributed by atoms with Gasteiger partial charge in [0, 0.05) is 65.4 Å². The molecule has 1 heterocycles. The van der Waals surface area contributed by atoms with Gasteiger partial charge in [-0.25, -0.2) is 0 Å². The Morgan fingerprint density at radius 3 is 1.19 bits per heavy atom. The number of morpholine rings is 1. The molecule has 0 aliphatic carbocycles. The summed E-state index contributed by atoms with van der Waals surface area (Å²) in [5.41, 5.74) is 0. The molecule has 0 saturated carbocycles. The second kappa shape index (κ2) is 54.4. The normalized spacial score (nSPS) is 14.2. The summed E-state index contributed by atoms with van der Waals surface area (Å²) >= 11 is 0. The second-order valence-corrected chi connectivity index (χ2v) is 19.8. The number of β-amino-alcohol motifs (C(OH)–C–C–N with tert-alkyl or cyclic N) is 1. The standard InChI is InChI=1S/C61H112N2O10/c1-5-9-13-17-25-35-49-70-60(71-50-36-26-18-14-10-6-2)41-39-58(65)68-47-33-29-21-23-31-43-62(55-57(64)56-63-45-53-67-54-46-63)44-32-24-22-30-34-48-69-59(66)40-42-61(72-51-37-27-19-15-11-7-3)73-52-38-28-20-16-12-8-4/h9-16,57,60-61,64H,5-8,17-56H2,1-4H3/b13-9-,14-10-,15-11-,16-12-. The summed E-state index contributed by atoms with van der Waals surface area (Å²) in [7, 11) is 0. The summed E-state index contributed by atoms with van der Waals surface area (Å²) in [6, 6.07) is 0. The highest BCUT2D eigenvalue weighted by atomic mass is 16.7. The van der Waals surface area contributed by atoms with Crippen LogP contribution in [0.5, 0.6) is 0 Å². The van der Waals surface area contributed by atoms with Crippen LogP contribution < -0.4 is 0 Å². The number of carbonyl (C=O) groups excluding carboxylic acids is 2. The van der Waals surface area contributed by atoms with E-state index >= 15 is 0 Å². The molecule has 0 amide bonds. The van der Waals surface area contributed by atoms with Crippen molar-refractivity contribution in [1.82, 2.24) is 9.80 Å². The Balaban J connectivity index is 2.39. The van der Waals surface area contributed by atoms with Crippen LogP contribution in [0.4, 0.5) is 0 Å². The van der Waals surface area contributed by atoms with Crippen molar-refractivity contribution in [3.63, 3.8) is 0 Å². The number of aliphatic hydroxyl groups excluding tert-OH is 1. The number of rotatable bonds is 54. The highest BCUT2D eigenvalue weighted by molar-refractivity contribution is 5.69. The monoisotopic (exact) mass is 1030 g/mol. The van der Waals surface area contributed by atoms with Crippen LogP contribution in [0.1, 0.15) is 220 Å². The van der Waals surface area contributed by atoms with Gasteiger partial charge in [0.15, 0.2) is 12.6 Å². The first-order valence-corrected chi connectivity index (χ1v) is 30.0. The van der Waals surface area contributed by atoms with Crippen molar-refractivity contribution in [2.45, 2.75) is 239 Å². The lowest BCUT2D eigenvalue weighted by Gasteiger charge is -2.31. The van der Waals surface area contributed by atoms with E-state index in [1.807, 2.05) is 0 Å². The zero-order chi connectivity index (χ0) is 52.8. The number of nitrogens with zero attached hydrogens (tertiary/aromatic N) is 2. The zero-order valence-corrected chi connectivity index (χ0v) is 47.5. The molecular weight excluding hydrogens is 921 g/mol. The Kier molecular flexibility index (Phi) is 51.1. The van der Waals surface area contributed by atoms with Gasteiger partial charge in [0.05, 0.1) is 45.4 Å². The maximum atomic E-state index is 12.7. The highest BCUT2D eigenvalue weighted by Gasteiger charge is 2.19. The van der Waals surface area contributed by atoms with Gasteiger partial charge in [-0.15, -0.1) is 0 Å². The fourth-order valence-electron chi connectivity index (χ4n) is 8.54. The van der Waals surface area contributed by atoms with E-state index in [1.165, 1.54) is 0 Å². The van der Waals surface area contributed by atoms with Crippen LogP contribution >= 0.6 is 0 Å². The number of carbonyl (C=O) groups is 2. The van der Waals surface area contributed by atoms with Gasteiger partial charge in [0.2, 0.25) is 0 Å². The van der Waals surface area contributed by atoms with Crippen LogP contribution in [0.15, 0.2) is 48.6 Å². The highest BCUT2D eigenvalue weighted by Crippen LogP contribution is 2.14. The third-order valence-electron chi connectivity index (χ3n) is 12.9. The lowest BCUT2D eigenvalue weighted by molar-refractivity contribution is -0.159. The second-order valence-electron chi connectivity index (χ2n) is 19.8. The maximum absolute atomic E-state index is 12.7. The first-order chi connectivity index (χ1) is 35.9. The molecule has 0 aromatic rings. The number of unbranched alkanes of at least 4 members (excludes halogenated alkanes) is 16. The van der Waals surface area contributed by atoms with E-state index in [1.54, 1.807) is 0 Å². The lowest BCUT2D eigenvalue weighted by Crippen LogP contribution is -2.45. The Morgan fingerprint density at radius 1 is 0.479 bits per heavy atom. The largest absolute Gasteiger partial charge is 0.466 e. The predicted octanol–water partition coefficient (Wildman–Crippen LogP) is 13.8. The van der Waals surface area contributed by atoms with Gasteiger partial charge in [0.25, 0.3) is 0 Å². The maximum Gasteiger partial charge on any atom is 0.305 e. The van der Waals surface area contributed by atoms with Crippen molar-refractivity contribution in [1.29, 1.82) is 0 Å². The van der Waals surface area contributed by atoms with Gasteiger partial charge in [-0.2, -0.15) is 0 Å². The third-order valence-corrected chi connectivity index (χ3v) is 12.9. The Bertz CT molecular complexity index is 1190. The van der Waals surface area contributed by atoms with E-state index in [-0.39, 0.29) is 24.5 Å². The number of aliphatic hydroxyl groups is 1. The van der Waals surface area contributed by atoms with Crippen LogP contribution in [-0.4, -0.2) is 138 Å². The topological polar surface area (TPSA) is 125 Å². The predicted molar refractivity (Wildman–Crippen MR) is 301 cm³/mol. The van der Waals surface area contributed by atoms with Gasteiger partial charge < -0.3 is 43.2 Å². The number of allylic oxidation sites excluding steroid dienone is 8. The molecule has 1 fully saturated rings. The Labute approximate surface area is 447 Å². The van der Waals surface area contributed by atoms with Crippen molar-refractivity contribution in [2.75, 3.05) is 92.1 Å². The minimum atomic E-state index is -0.392. The fourth-order valence-corrected chi connectivity index (χ4v) is 8.54. The van der Waals surface area contributed by atoms with Gasteiger partial charge in [-0.05, 0) is 142 Å². The van der Waals surface area contributed by atoms with Gasteiger partial charge in [-0.3, -0.25) is 14.5 Å². The average Bonchev–Trinajstić information content (AvgIpc) is 3.39. The van der Waals surface area contributed by atoms with Crippen molar-refractivity contribution in [3.8, 4) is 0 Å². The number of hydrogen-bond donors (Lipinski definition) is 1. The first-order valence-electron chi connectivity index (χ1n) is 30.0. The molecule has 426 valence electrons. The van der Waals surface area contributed by atoms with E-state index in [0.29, 0.717) is 78.4 Å². The molecule has 12 heteroatoms. The summed E-state index contributed by atoms with van der Waals surface area (Å²) < 4.78 is 41.1. The minimum absolute atomic E-state index is 0.178. The molecule has 0 aromatic heterocycles. The molecule has 1 unspecified atom stereocenters. The molecule has 1 atom stereocenters. The van der Waals surface area contributed by atoms with E-state index in [4.69, 9.17) is 33.2 Å². The van der Waals surface area contributed by atoms with Crippen LogP contribution in [0.25, 0.3) is 0 Å². The van der Waals surface area contributed by atoms with Crippen LogP contribution in [0.3, 0.4) is 0 Å². The van der Waals surface area contributed by atoms with E-state index in [9.17, 15) is 14.7 Å². The summed E-state index contributed by atoms with van der Waals surface area (Å²) in [4.78, 5) is 30.1.